The van der Waals surface area contributed by atoms with Crippen molar-refractivity contribution in [1.82, 2.24) is 10.7 Å². The first-order chi connectivity index (χ1) is 17.0. The Balaban J connectivity index is 1.54. The first-order valence-electron chi connectivity index (χ1n) is 10.8. The van der Waals surface area contributed by atoms with Crippen LogP contribution in [0.1, 0.15) is 28.4 Å². The predicted octanol–water partition coefficient (Wildman–Crippen LogP) is 3.44. The monoisotopic (exact) mass is 473 g/mol. The lowest BCUT2D eigenvalue weighted by atomic mass is 10.1. The largest absolute Gasteiger partial charge is 0.504 e. The van der Waals surface area contributed by atoms with Gasteiger partial charge in [0.2, 0.25) is 6.79 Å². The number of amides is 2. The van der Waals surface area contributed by atoms with Gasteiger partial charge in [-0.15, -0.1) is 0 Å². The summed E-state index contributed by atoms with van der Waals surface area (Å²) >= 11 is 0. The molecular weight excluding hydrogens is 450 g/mol. The number of rotatable bonds is 8. The molecule has 0 atom stereocenters. The Morgan fingerprint density at radius 2 is 1.80 bits per heavy atom. The Kier molecular flexibility index (Phi) is 7.27. The van der Waals surface area contributed by atoms with E-state index in [9.17, 15) is 14.7 Å². The standard InChI is InChI=1S/C26H23N3O6/c1-2-33-23-14-18(8-10-21(23)30)15-27-29-26(32)20(28-25(31)19-6-4-3-5-7-19)12-17-9-11-22-24(13-17)35-16-34-22/h3-15,30H,2,16H2,1H3,(H,28,31)(H,29,32)/b20-12+,27-15-. The second-order valence-electron chi connectivity index (χ2n) is 7.35. The maximum atomic E-state index is 12.9. The minimum Gasteiger partial charge on any atom is -0.504 e. The van der Waals surface area contributed by atoms with Crippen LogP contribution in [0.15, 0.2) is 77.5 Å². The summed E-state index contributed by atoms with van der Waals surface area (Å²) in [5, 5.41) is 16.4. The highest BCUT2D eigenvalue weighted by molar-refractivity contribution is 6.05. The van der Waals surface area contributed by atoms with Crippen LogP contribution in [0.3, 0.4) is 0 Å². The Bertz CT molecular complexity index is 1290. The van der Waals surface area contributed by atoms with Crippen molar-refractivity contribution in [3.05, 3.63) is 89.1 Å². The third kappa shape index (κ3) is 5.97. The number of hydrazone groups is 1. The number of hydrogen-bond acceptors (Lipinski definition) is 7. The molecule has 9 heteroatoms. The third-order valence-corrected chi connectivity index (χ3v) is 4.90. The van der Waals surface area contributed by atoms with Gasteiger partial charge in [0, 0.05) is 5.56 Å². The van der Waals surface area contributed by atoms with Gasteiger partial charge in [-0.3, -0.25) is 9.59 Å². The number of aromatic hydroxyl groups is 1. The van der Waals surface area contributed by atoms with E-state index < -0.39 is 11.8 Å². The highest BCUT2D eigenvalue weighted by Gasteiger charge is 2.17. The van der Waals surface area contributed by atoms with E-state index in [1.165, 1.54) is 18.4 Å². The number of phenolic OH excluding ortho intramolecular Hbond substituents is 1. The number of hydrogen-bond donors (Lipinski definition) is 3. The van der Waals surface area contributed by atoms with Gasteiger partial charge in [0.1, 0.15) is 5.70 Å². The zero-order chi connectivity index (χ0) is 24.6. The summed E-state index contributed by atoms with van der Waals surface area (Å²) in [7, 11) is 0. The van der Waals surface area contributed by atoms with Gasteiger partial charge in [0.15, 0.2) is 23.0 Å². The molecule has 1 aliphatic heterocycles. The summed E-state index contributed by atoms with van der Waals surface area (Å²) in [6, 6.07) is 18.4. The van der Waals surface area contributed by atoms with E-state index in [1.54, 1.807) is 67.6 Å². The van der Waals surface area contributed by atoms with E-state index in [-0.39, 0.29) is 18.2 Å². The number of ether oxygens (including phenoxy) is 3. The predicted molar refractivity (Wildman–Crippen MR) is 129 cm³/mol. The molecule has 1 heterocycles. The fraction of sp³-hybridized carbons (Fsp3) is 0.115. The zero-order valence-corrected chi connectivity index (χ0v) is 18.9. The fourth-order valence-corrected chi connectivity index (χ4v) is 3.22. The van der Waals surface area contributed by atoms with Crippen LogP contribution in [-0.2, 0) is 4.79 Å². The van der Waals surface area contributed by atoms with Gasteiger partial charge in [0.05, 0.1) is 12.8 Å². The molecule has 4 rings (SSSR count). The van der Waals surface area contributed by atoms with Crippen molar-refractivity contribution >= 4 is 24.1 Å². The lowest BCUT2D eigenvalue weighted by Gasteiger charge is -2.10. The Labute approximate surface area is 201 Å². The maximum absolute atomic E-state index is 12.9. The topological polar surface area (TPSA) is 118 Å². The molecule has 1 aliphatic rings. The quantitative estimate of drug-likeness (QED) is 0.262. The summed E-state index contributed by atoms with van der Waals surface area (Å²) in [5.41, 5.74) is 4.01. The highest BCUT2D eigenvalue weighted by Crippen LogP contribution is 2.33. The molecule has 0 fully saturated rings. The molecule has 0 spiro atoms. The number of nitrogens with one attached hydrogen (secondary N) is 2. The zero-order valence-electron chi connectivity index (χ0n) is 18.9. The molecule has 0 unspecified atom stereocenters. The molecule has 3 N–H and O–H groups in total. The number of carbonyl (C=O) groups excluding carboxylic acids is 2. The average molecular weight is 473 g/mol. The minimum atomic E-state index is -0.632. The van der Waals surface area contributed by atoms with Gasteiger partial charge in [-0.1, -0.05) is 24.3 Å². The smallest absolute Gasteiger partial charge is 0.287 e. The van der Waals surface area contributed by atoms with Crippen molar-refractivity contribution < 1.29 is 28.9 Å². The molecule has 0 aliphatic carbocycles. The van der Waals surface area contributed by atoms with Crippen molar-refractivity contribution in [3.8, 4) is 23.0 Å². The SMILES string of the molecule is CCOc1cc(/C=N\NC(=O)/C(=C\c2ccc3c(c2)OCO3)NC(=O)c2ccccc2)ccc1O. The van der Waals surface area contributed by atoms with Crippen molar-refractivity contribution in [2.45, 2.75) is 6.92 Å². The lowest BCUT2D eigenvalue weighted by molar-refractivity contribution is -0.117. The highest BCUT2D eigenvalue weighted by atomic mass is 16.7. The molecule has 35 heavy (non-hydrogen) atoms. The van der Waals surface area contributed by atoms with Crippen LogP contribution < -0.4 is 25.0 Å². The van der Waals surface area contributed by atoms with Crippen molar-refractivity contribution in [2.75, 3.05) is 13.4 Å². The number of benzene rings is 3. The molecule has 3 aromatic rings. The molecule has 9 nitrogen and oxygen atoms in total. The molecule has 0 bridgehead atoms. The third-order valence-electron chi connectivity index (χ3n) is 4.90. The van der Waals surface area contributed by atoms with Gasteiger partial charge >= 0.3 is 0 Å². The minimum absolute atomic E-state index is 0.00519. The van der Waals surface area contributed by atoms with E-state index in [2.05, 4.69) is 15.8 Å². The number of fused-ring (bicyclic) bond motifs is 1. The van der Waals surface area contributed by atoms with E-state index in [0.29, 0.717) is 40.5 Å². The molecule has 2 amide bonds. The number of phenols is 1. The van der Waals surface area contributed by atoms with Gasteiger partial charge < -0.3 is 24.6 Å². The summed E-state index contributed by atoms with van der Waals surface area (Å²) in [6.45, 7) is 2.32. The normalized spacial score (nSPS) is 12.4. The summed E-state index contributed by atoms with van der Waals surface area (Å²) in [6.07, 6.45) is 2.92. The average Bonchev–Trinajstić information content (AvgIpc) is 3.34. The van der Waals surface area contributed by atoms with Crippen molar-refractivity contribution in [1.29, 1.82) is 0 Å². The number of carbonyl (C=O) groups is 2. The van der Waals surface area contributed by atoms with Gasteiger partial charge in [-0.05, 0) is 66.6 Å². The Hall–Kier alpha value is -4.79. The van der Waals surface area contributed by atoms with Crippen LogP contribution in [0, 0.1) is 0 Å². The van der Waals surface area contributed by atoms with Gasteiger partial charge in [-0.2, -0.15) is 5.10 Å². The first-order valence-corrected chi connectivity index (χ1v) is 10.8. The van der Waals surface area contributed by atoms with Crippen LogP contribution >= 0.6 is 0 Å². The molecule has 178 valence electrons. The number of nitrogens with zero attached hydrogens (tertiary/aromatic N) is 1. The Morgan fingerprint density at radius 3 is 2.60 bits per heavy atom. The first kappa shape index (κ1) is 23.4. The van der Waals surface area contributed by atoms with Crippen LogP contribution in [-0.4, -0.2) is 36.5 Å². The lowest BCUT2D eigenvalue weighted by Crippen LogP contribution is -2.32. The van der Waals surface area contributed by atoms with E-state index in [4.69, 9.17) is 14.2 Å². The Morgan fingerprint density at radius 1 is 1.03 bits per heavy atom. The molecule has 3 aromatic carbocycles. The summed E-state index contributed by atoms with van der Waals surface area (Å²) < 4.78 is 16.1. The van der Waals surface area contributed by atoms with Gasteiger partial charge in [-0.25, -0.2) is 5.43 Å². The van der Waals surface area contributed by atoms with Gasteiger partial charge in [0.25, 0.3) is 11.8 Å². The molecular formula is C26H23N3O6. The molecule has 0 saturated heterocycles. The maximum Gasteiger partial charge on any atom is 0.287 e. The van der Waals surface area contributed by atoms with Crippen LogP contribution in [0.4, 0.5) is 0 Å². The van der Waals surface area contributed by atoms with E-state index >= 15 is 0 Å². The molecule has 0 aromatic heterocycles. The summed E-state index contributed by atoms with van der Waals surface area (Å²) in [5.74, 6) is 0.380. The molecule has 0 saturated carbocycles. The van der Waals surface area contributed by atoms with Crippen LogP contribution in [0.25, 0.3) is 6.08 Å². The fourth-order valence-electron chi connectivity index (χ4n) is 3.22. The summed E-state index contributed by atoms with van der Waals surface area (Å²) in [4.78, 5) is 25.6. The van der Waals surface area contributed by atoms with E-state index in [1.807, 2.05) is 0 Å². The van der Waals surface area contributed by atoms with E-state index in [0.717, 1.165) is 0 Å². The second kappa shape index (κ2) is 10.9. The molecule has 0 radical (unpaired) electrons. The van der Waals surface area contributed by atoms with Crippen molar-refractivity contribution in [2.24, 2.45) is 5.10 Å². The second-order valence-corrected chi connectivity index (χ2v) is 7.35. The van der Waals surface area contributed by atoms with Crippen molar-refractivity contribution in [3.63, 3.8) is 0 Å². The van der Waals surface area contributed by atoms with Crippen LogP contribution in [0.2, 0.25) is 0 Å². The van der Waals surface area contributed by atoms with Crippen LogP contribution in [0.5, 0.6) is 23.0 Å².